The van der Waals surface area contributed by atoms with Crippen LogP contribution in [0.2, 0.25) is 10.0 Å². The number of nitrogens with zero attached hydrogens (tertiary/aromatic N) is 3. The molecule has 1 atom stereocenters. The SMILES string of the molecule is [N-]=[N+]=NCCC1(C(=O)NC(Cc2ccc(NC(=O)c3c(Cl)cccc3Cl)cc2)C(=O)O)CCCC1. The summed E-state index contributed by atoms with van der Waals surface area (Å²) in [5.74, 6) is -1.94. The molecule has 1 unspecified atom stereocenters. The zero-order valence-corrected chi connectivity index (χ0v) is 20.3. The molecule has 2 aromatic rings. The van der Waals surface area contributed by atoms with E-state index in [0.29, 0.717) is 30.5 Å². The highest BCUT2D eigenvalue weighted by atomic mass is 35.5. The largest absolute Gasteiger partial charge is 0.480 e. The maximum Gasteiger partial charge on any atom is 0.326 e. The Morgan fingerprint density at radius 2 is 1.71 bits per heavy atom. The number of carbonyl (C=O) groups excluding carboxylic acids is 2. The van der Waals surface area contributed by atoms with Crippen molar-refractivity contribution in [3.8, 4) is 0 Å². The molecular weight excluding hydrogens is 493 g/mol. The van der Waals surface area contributed by atoms with Gasteiger partial charge < -0.3 is 15.7 Å². The number of hydrogen-bond acceptors (Lipinski definition) is 4. The Morgan fingerprint density at radius 3 is 2.29 bits per heavy atom. The summed E-state index contributed by atoms with van der Waals surface area (Å²) < 4.78 is 0. The van der Waals surface area contributed by atoms with Crippen LogP contribution in [-0.2, 0) is 16.0 Å². The molecule has 0 saturated heterocycles. The zero-order valence-electron chi connectivity index (χ0n) is 18.8. The predicted octanol–water partition coefficient (Wildman–Crippen LogP) is 5.62. The van der Waals surface area contributed by atoms with Gasteiger partial charge in [0.15, 0.2) is 0 Å². The minimum Gasteiger partial charge on any atom is -0.480 e. The van der Waals surface area contributed by atoms with E-state index in [2.05, 4.69) is 20.7 Å². The van der Waals surface area contributed by atoms with Crippen molar-refractivity contribution >= 4 is 46.7 Å². The highest BCUT2D eigenvalue weighted by molar-refractivity contribution is 6.40. The fourth-order valence-corrected chi connectivity index (χ4v) is 4.90. The first-order valence-corrected chi connectivity index (χ1v) is 11.9. The molecule has 35 heavy (non-hydrogen) atoms. The van der Waals surface area contributed by atoms with Crippen LogP contribution in [0.1, 0.15) is 48.0 Å². The van der Waals surface area contributed by atoms with Gasteiger partial charge in [-0.15, -0.1) is 0 Å². The van der Waals surface area contributed by atoms with Crippen molar-refractivity contribution in [2.45, 2.75) is 44.6 Å². The third-order valence-electron chi connectivity index (χ3n) is 6.24. The number of azide groups is 1. The summed E-state index contributed by atoms with van der Waals surface area (Å²) in [6, 6.07) is 10.3. The van der Waals surface area contributed by atoms with Gasteiger partial charge in [0.2, 0.25) is 5.91 Å². The summed E-state index contributed by atoms with van der Waals surface area (Å²) >= 11 is 12.2. The molecule has 0 spiro atoms. The molecule has 3 N–H and O–H groups in total. The fourth-order valence-electron chi connectivity index (χ4n) is 4.33. The molecule has 0 radical (unpaired) electrons. The molecule has 11 heteroatoms. The van der Waals surface area contributed by atoms with Gasteiger partial charge in [0.05, 0.1) is 15.6 Å². The van der Waals surface area contributed by atoms with E-state index in [1.165, 1.54) is 0 Å². The lowest BCUT2D eigenvalue weighted by Crippen LogP contribution is -2.49. The summed E-state index contributed by atoms with van der Waals surface area (Å²) in [6.07, 6.45) is 3.46. The maximum atomic E-state index is 13.1. The molecule has 2 amide bonds. The number of carbonyl (C=O) groups is 3. The van der Waals surface area contributed by atoms with Gasteiger partial charge in [0.1, 0.15) is 6.04 Å². The van der Waals surface area contributed by atoms with Gasteiger partial charge in [-0.2, -0.15) is 0 Å². The van der Waals surface area contributed by atoms with Crippen molar-refractivity contribution < 1.29 is 19.5 Å². The Balaban J connectivity index is 1.66. The molecule has 1 aliphatic carbocycles. The van der Waals surface area contributed by atoms with E-state index in [1.54, 1.807) is 42.5 Å². The molecule has 0 bridgehead atoms. The monoisotopic (exact) mass is 517 g/mol. The summed E-state index contributed by atoms with van der Waals surface area (Å²) in [7, 11) is 0. The normalized spacial score (nSPS) is 15.0. The van der Waals surface area contributed by atoms with E-state index in [4.69, 9.17) is 28.7 Å². The number of aliphatic carboxylic acids is 1. The highest BCUT2D eigenvalue weighted by Crippen LogP contribution is 2.41. The van der Waals surface area contributed by atoms with Crippen LogP contribution in [-0.4, -0.2) is 35.5 Å². The third-order valence-corrected chi connectivity index (χ3v) is 6.87. The van der Waals surface area contributed by atoms with E-state index >= 15 is 0 Å². The van der Waals surface area contributed by atoms with Crippen molar-refractivity contribution in [1.82, 2.24) is 5.32 Å². The van der Waals surface area contributed by atoms with E-state index in [9.17, 15) is 19.5 Å². The number of anilines is 1. The van der Waals surface area contributed by atoms with Gasteiger partial charge in [0, 0.05) is 29.0 Å². The first-order valence-electron chi connectivity index (χ1n) is 11.1. The first-order chi connectivity index (χ1) is 16.8. The molecule has 1 saturated carbocycles. The standard InChI is InChI=1S/C24H25Cl2N5O4/c25-17-4-3-5-18(26)20(17)21(32)29-16-8-6-15(7-9-16)14-19(22(33)34)30-23(35)24(10-1-2-11-24)12-13-28-31-27/h3-9,19H,1-2,10-14H2,(H,29,32)(H,30,35)(H,33,34). The molecule has 9 nitrogen and oxygen atoms in total. The lowest BCUT2D eigenvalue weighted by molar-refractivity contribution is -0.144. The van der Waals surface area contributed by atoms with Crippen LogP contribution < -0.4 is 10.6 Å². The Bertz CT molecular complexity index is 1120. The number of amides is 2. The van der Waals surface area contributed by atoms with E-state index in [-0.39, 0.29) is 34.5 Å². The number of halogens is 2. The third kappa shape index (κ3) is 6.66. The van der Waals surface area contributed by atoms with Gasteiger partial charge in [0.25, 0.3) is 5.91 Å². The average Bonchev–Trinajstić information content (AvgIpc) is 3.30. The Hall–Kier alpha value is -3.26. The topological polar surface area (TPSA) is 144 Å². The number of carboxylic acid groups (broad SMARTS) is 1. The van der Waals surface area contributed by atoms with Crippen LogP contribution in [0, 0.1) is 5.41 Å². The molecule has 0 heterocycles. The summed E-state index contributed by atoms with van der Waals surface area (Å²) in [5, 5.41) is 19.1. The van der Waals surface area contributed by atoms with Crippen molar-refractivity contribution in [2.75, 3.05) is 11.9 Å². The molecule has 0 aliphatic heterocycles. The van der Waals surface area contributed by atoms with Crippen molar-refractivity contribution in [2.24, 2.45) is 10.5 Å². The Kier molecular flexibility index (Phi) is 8.98. The van der Waals surface area contributed by atoms with Crippen molar-refractivity contribution in [3.05, 3.63) is 74.1 Å². The summed E-state index contributed by atoms with van der Waals surface area (Å²) in [5.41, 5.74) is 9.14. The van der Waals surface area contributed by atoms with Crippen LogP contribution in [0.15, 0.2) is 47.6 Å². The molecule has 2 aromatic carbocycles. The minimum atomic E-state index is -1.15. The second-order valence-electron chi connectivity index (χ2n) is 8.51. The fraction of sp³-hybridized carbons (Fsp3) is 0.375. The van der Waals surface area contributed by atoms with Crippen LogP contribution in [0.5, 0.6) is 0 Å². The Morgan fingerprint density at radius 1 is 1.09 bits per heavy atom. The lowest BCUT2D eigenvalue weighted by atomic mass is 9.81. The molecule has 1 aliphatic rings. The van der Waals surface area contributed by atoms with E-state index < -0.39 is 23.3 Å². The van der Waals surface area contributed by atoms with Gasteiger partial charge in [-0.05, 0) is 54.6 Å². The molecule has 3 rings (SSSR count). The van der Waals surface area contributed by atoms with Gasteiger partial charge in [-0.3, -0.25) is 9.59 Å². The van der Waals surface area contributed by atoms with Gasteiger partial charge in [-0.1, -0.05) is 59.4 Å². The van der Waals surface area contributed by atoms with Crippen molar-refractivity contribution in [3.63, 3.8) is 0 Å². The molecular formula is C24H25Cl2N5O4. The van der Waals surface area contributed by atoms with Gasteiger partial charge in [-0.25, -0.2) is 4.79 Å². The quantitative estimate of drug-likeness (QED) is 0.213. The average molecular weight is 518 g/mol. The summed E-state index contributed by atoms with van der Waals surface area (Å²) in [6.45, 7) is 0.189. The number of nitrogens with one attached hydrogen (secondary N) is 2. The molecule has 1 fully saturated rings. The second kappa shape index (κ2) is 11.9. The molecule has 0 aromatic heterocycles. The Labute approximate surface area is 212 Å². The van der Waals surface area contributed by atoms with Crippen LogP contribution in [0.4, 0.5) is 5.69 Å². The predicted molar refractivity (Wildman–Crippen MR) is 134 cm³/mol. The first kappa shape index (κ1) is 26.3. The highest BCUT2D eigenvalue weighted by Gasteiger charge is 2.41. The smallest absolute Gasteiger partial charge is 0.326 e. The van der Waals surface area contributed by atoms with Crippen molar-refractivity contribution in [1.29, 1.82) is 0 Å². The van der Waals surface area contributed by atoms with Crippen LogP contribution >= 0.6 is 23.2 Å². The molecule has 184 valence electrons. The number of benzene rings is 2. The van der Waals surface area contributed by atoms with E-state index in [0.717, 1.165) is 12.8 Å². The minimum absolute atomic E-state index is 0.0675. The zero-order chi connectivity index (χ0) is 25.4. The maximum absolute atomic E-state index is 13.1. The van der Waals surface area contributed by atoms with Crippen LogP contribution in [0.25, 0.3) is 10.4 Å². The van der Waals surface area contributed by atoms with Crippen LogP contribution in [0.3, 0.4) is 0 Å². The number of carboxylic acids is 1. The second-order valence-corrected chi connectivity index (χ2v) is 9.32. The lowest BCUT2D eigenvalue weighted by Gasteiger charge is -2.29. The number of hydrogen-bond donors (Lipinski definition) is 3. The number of rotatable bonds is 10. The van der Waals surface area contributed by atoms with Gasteiger partial charge >= 0.3 is 5.97 Å². The van der Waals surface area contributed by atoms with E-state index in [1.807, 2.05) is 0 Å². The summed E-state index contributed by atoms with van der Waals surface area (Å²) in [4.78, 5) is 40.2.